The van der Waals surface area contributed by atoms with Crippen molar-refractivity contribution < 1.29 is 17.9 Å². The molecular formula is C14H17BrN4O4S. The van der Waals surface area contributed by atoms with Gasteiger partial charge in [-0.15, -0.1) is 0 Å². The number of carbonyl (C=O) groups excluding carboxylic acids is 1. The maximum absolute atomic E-state index is 12.4. The number of carbonyl (C=O) groups is 1. The number of hydrogen-bond acceptors (Lipinski definition) is 5. The molecule has 0 aliphatic heterocycles. The number of hydrogen-bond donors (Lipinski definition) is 3. The van der Waals surface area contributed by atoms with Crippen LogP contribution in [0.4, 0.5) is 5.69 Å². The van der Waals surface area contributed by atoms with Gasteiger partial charge < -0.3 is 10.1 Å². The fourth-order valence-corrected chi connectivity index (χ4v) is 3.58. The van der Waals surface area contributed by atoms with Gasteiger partial charge >= 0.3 is 0 Å². The highest BCUT2D eigenvalue weighted by atomic mass is 79.9. The number of H-pyrrole nitrogens is 1. The standard InChI is InChI=1S/C14H17BrN4O4S/c1-7(2)12-11(15)13(19-18-12)14(20)17-8-4-5-9(23-3)10(6-8)24(16,21)22/h4-7H,1-3H3,(H,17,20)(H,18,19)(H2,16,21,22). The van der Waals surface area contributed by atoms with E-state index < -0.39 is 15.9 Å². The summed E-state index contributed by atoms with van der Waals surface area (Å²) >= 11 is 3.34. The quantitative estimate of drug-likeness (QED) is 0.688. The van der Waals surface area contributed by atoms with Crippen molar-refractivity contribution in [3.8, 4) is 5.75 Å². The lowest BCUT2D eigenvalue weighted by Gasteiger charge is -2.10. The Morgan fingerprint density at radius 2 is 2.08 bits per heavy atom. The van der Waals surface area contributed by atoms with Crippen molar-refractivity contribution in [1.82, 2.24) is 10.2 Å². The van der Waals surface area contributed by atoms with E-state index in [1.807, 2.05) is 13.8 Å². The SMILES string of the molecule is COc1ccc(NC(=O)c2n[nH]c(C(C)C)c2Br)cc1S(N)(=O)=O. The molecule has 1 aromatic heterocycles. The number of amides is 1. The number of nitrogens with zero attached hydrogens (tertiary/aromatic N) is 1. The molecular weight excluding hydrogens is 400 g/mol. The van der Waals surface area contributed by atoms with E-state index in [2.05, 4.69) is 31.4 Å². The first-order valence-electron chi connectivity index (χ1n) is 6.91. The first-order valence-corrected chi connectivity index (χ1v) is 9.25. The topological polar surface area (TPSA) is 127 Å². The van der Waals surface area contributed by atoms with Gasteiger partial charge in [-0.1, -0.05) is 13.8 Å². The van der Waals surface area contributed by atoms with Crippen molar-refractivity contribution >= 4 is 37.5 Å². The Morgan fingerprint density at radius 3 is 2.58 bits per heavy atom. The molecule has 0 aliphatic carbocycles. The number of halogens is 1. The summed E-state index contributed by atoms with van der Waals surface area (Å²) in [5, 5.41) is 14.5. The Kier molecular flexibility index (Phi) is 5.31. The van der Waals surface area contributed by atoms with Gasteiger partial charge in [0.25, 0.3) is 5.91 Å². The molecule has 10 heteroatoms. The zero-order valence-electron chi connectivity index (χ0n) is 13.3. The van der Waals surface area contributed by atoms with Gasteiger partial charge in [-0.05, 0) is 40.0 Å². The summed E-state index contributed by atoms with van der Waals surface area (Å²) in [6, 6.07) is 4.15. The molecule has 0 radical (unpaired) electrons. The van der Waals surface area contributed by atoms with E-state index in [9.17, 15) is 13.2 Å². The van der Waals surface area contributed by atoms with Crippen molar-refractivity contribution in [3.63, 3.8) is 0 Å². The van der Waals surface area contributed by atoms with E-state index in [0.29, 0.717) is 4.47 Å². The largest absolute Gasteiger partial charge is 0.495 e. The first kappa shape index (κ1) is 18.4. The van der Waals surface area contributed by atoms with Gasteiger partial charge in [0.2, 0.25) is 10.0 Å². The van der Waals surface area contributed by atoms with Crippen molar-refractivity contribution in [2.24, 2.45) is 5.14 Å². The summed E-state index contributed by atoms with van der Waals surface area (Å²) in [6.45, 7) is 3.92. The smallest absolute Gasteiger partial charge is 0.277 e. The van der Waals surface area contributed by atoms with Gasteiger partial charge in [-0.3, -0.25) is 9.89 Å². The van der Waals surface area contributed by atoms with Crippen molar-refractivity contribution in [1.29, 1.82) is 0 Å². The van der Waals surface area contributed by atoms with Crippen LogP contribution in [-0.4, -0.2) is 31.6 Å². The Morgan fingerprint density at radius 1 is 1.42 bits per heavy atom. The molecule has 1 amide bonds. The second-order valence-electron chi connectivity index (χ2n) is 5.32. The van der Waals surface area contributed by atoms with Crippen LogP contribution in [0.5, 0.6) is 5.75 Å². The van der Waals surface area contributed by atoms with Gasteiger partial charge in [0, 0.05) is 5.69 Å². The molecule has 0 spiro atoms. The average molecular weight is 417 g/mol. The molecule has 0 unspecified atom stereocenters. The van der Waals surface area contributed by atoms with Gasteiger partial charge in [0.1, 0.15) is 10.6 Å². The van der Waals surface area contributed by atoms with Crippen LogP contribution in [0.15, 0.2) is 27.6 Å². The van der Waals surface area contributed by atoms with Crippen LogP contribution in [0, 0.1) is 0 Å². The van der Waals surface area contributed by atoms with E-state index in [0.717, 1.165) is 5.69 Å². The molecule has 0 saturated heterocycles. The summed E-state index contributed by atoms with van der Waals surface area (Å²) in [7, 11) is -2.66. The maximum atomic E-state index is 12.4. The number of rotatable bonds is 5. The molecule has 1 heterocycles. The predicted molar refractivity (Wildman–Crippen MR) is 92.7 cm³/mol. The number of nitrogens with two attached hydrogens (primary N) is 1. The molecule has 0 aliphatic rings. The fraction of sp³-hybridized carbons (Fsp3) is 0.286. The molecule has 130 valence electrons. The minimum Gasteiger partial charge on any atom is -0.495 e. The molecule has 8 nitrogen and oxygen atoms in total. The fourth-order valence-electron chi connectivity index (χ4n) is 2.04. The summed E-state index contributed by atoms with van der Waals surface area (Å²) in [5.41, 5.74) is 1.22. The lowest BCUT2D eigenvalue weighted by atomic mass is 10.1. The molecule has 0 atom stereocenters. The number of methoxy groups -OCH3 is 1. The minimum atomic E-state index is -3.99. The van der Waals surface area contributed by atoms with Crippen molar-refractivity contribution in [3.05, 3.63) is 34.1 Å². The van der Waals surface area contributed by atoms with Crippen LogP contribution in [0.2, 0.25) is 0 Å². The molecule has 2 aromatic rings. The van der Waals surface area contributed by atoms with Crippen LogP contribution < -0.4 is 15.2 Å². The van der Waals surface area contributed by atoms with Crippen LogP contribution in [0.1, 0.15) is 35.9 Å². The lowest BCUT2D eigenvalue weighted by molar-refractivity contribution is 0.102. The highest BCUT2D eigenvalue weighted by Crippen LogP contribution is 2.28. The number of primary sulfonamides is 1. The lowest BCUT2D eigenvalue weighted by Crippen LogP contribution is -2.16. The maximum Gasteiger partial charge on any atom is 0.277 e. The van der Waals surface area contributed by atoms with E-state index in [1.54, 1.807) is 0 Å². The number of aromatic amines is 1. The highest BCUT2D eigenvalue weighted by molar-refractivity contribution is 9.10. The highest BCUT2D eigenvalue weighted by Gasteiger charge is 2.21. The number of anilines is 1. The predicted octanol–water partition coefficient (Wildman–Crippen LogP) is 2.20. The van der Waals surface area contributed by atoms with Gasteiger partial charge in [-0.2, -0.15) is 5.10 Å². The summed E-state index contributed by atoms with van der Waals surface area (Å²) < 4.78 is 28.8. The van der Waals surface area contributed by atoms with E-state index in [4.69, 9.17) is 9.88 Å². The second kappa shape index (κ2) is 6.91. The monoisotopic (exact) mass is 416 g/mol. The molecule has 0 bridgehead atoms. The first-order chi connectivity index (χ1) is 11.1. The Balaban J connectivity index is 2.33. The number of nitrogens with one attached hydrogen (secondary N) is 2. The number of benzene rings is 1. The molecule has 4 N–H and O–H groups in total. The van der Waals surface area contributed by atoms with Crippen molar-refractivity contribution in [2.45, 2.75) is 24.7 Å². The van der Waals surface area contributed by atoms with Gasteiger partial charge in [0.15, 0.2) is 5.69 Å². The molecule has 0 fully saturated rings. The van der Waals surface area contributed by atoms with Gasteiger partial charge in [0.05, 0.1) is 17.3 Å². The van der Waals surface area contributed by atoms with Crippen molar-refractivity contribution in [2.75, 3.05) is 12.4 Å². The Bertz CT molecular complexity index is 877. The molecule has 2 rings (SSSR count). The third kappa shape index (κ3) is 3.77. The van der Waals surface area contributed by atoms with E-state index >= 15 is 0 Å². The Hall–Kier alpha value is -1.91. The normalized spacial score (nSPS) is 11.6. The third-order valence-electron chi connectivity index (χ3n) is 3.25. The number of ether oxygens (including phenoxy) is 1. The summed E-state index contributed by atoms with van der Waals surface area (Å²) in [4.78, 5) is 12.1. The third-order valence-corrected chi connectivity index (χ3v) is 4.99. The minimum absolute atomic E-state index is 0.0959. The van der Waals surface area contributed by atoms with E-state index in [-0.39, 0.29) is 27.9 Å². The average Bonchev–Trinajstić information content (AvgIpc) is 2.88. The summed E-state index contributed by atoms with van der Waals surface area (Å²) in [5.74, 6) is -0.238. The van der Waals surface area contributed by atoms with Gasteiger partial charge in [-0.25, -0.2) is 13.6 Å². The molecule has 24 heavy (non-hydrogen) atoms. The van der Waals surface area contributed by atoms with Crippen LogP contribution in [0.25, 0.3) is 0 Å². The molecule has 1 aromatic carbocycles. The summed E-state index contributed by atoms with van der Waals surface area (Å²) in [6.07, 6.45) is 0. The zero-order valence-corrected chi connectivity index (χ0v) is 15.7. The Labute approximate surface area is 148 Å². The van der Waals surface area contributed by atoms with Crippen LogP contribution >= 0.6 is 15.9 Å². The molecule has 0 saturated carbocycles. The second-order valence-corrected chi connectivity index (χ2v) is 7.64. The van der Waals surface area contributed by atoms with Crippen LogP contribution in [-0.2, 0) is 10.0 Å². The number of aromatic nitrogens is 2. The van der Waals surface area contributed by atoms with Crippen LogP contribution in [0.3, 0.4) is 0 Å². The number of sulfonamides is 1. The van der Waals surface area contributed by atoms with E-state index in [1.165, 1.54) is 25.3 Å². The zero-order chi connectivity index (χ0) is 18.1.